The number of hydrogen-bond acceptors (Lipinski definition) is 4. The Bertz CT molecular complexity index is 694. The first-order valence-electron chi connectivity index (χ1n) is 6.50. The van der Waals surface area contributed by atoms with E-state index in [0.717, 1.165) is 11.1 Å². The smallest absolute Gasteiger partial charge is 0.264 e. The largest absolute Gasteiger partial charge is 0.484 e. The zero-order chi connectivity index (χ0) is 15.4. The summed E-state index contributed by atoms with van der Waals surface area (Å²) >= 11 is 0. The average Bonchev–Trinajstić information content (AvgIpc) is 2.72. The molecular formula is C16H16N2O3. The van der Waals surface area contributed by atoms with Crippen LogP contribution in [0.2, 0.25) is 0 Å². The molecule has 2 rings (SSSR count). The Hall–Kier alpha value is -2.74. The summed E-state index contributed by atoms with van der Waals surface area (Å²) in [6, 6.07) is 9.42. The molecule has 0 bridgehead atoms. The molecule has 21 heavy (non-hydrogen) atoms. The van der Waals surface area contributed by atoms with Crippen LogP contribution < -0.4 is 10.1 Å². The highest BCUT2D eigenvalue weighted by atomic mass is 16.5. The second-order valence-electron chi connectivity index (χ2n) is 4.75. The van der Waals surface area contributed by atoms with Crippen molar-refractivity contribution in [2.24, 2.45) is 0 Å². The quantitative estimate of drug-likeness (QED) is 0.936. The second kappa shape index (κ2) is 6.14. The lowest BCUT2D eigenvalue weighted by Crippen LogP contribution is -2.20. The number of aryl methyl sites for hydroxylation is 2. The minimum atomic E-state index is -0.374. The van der Waals surface area contributed by atoms with Gasteiger partial charge in [-0.3, -0.25) is 10.1 Å². The lowest BCUT2D eigenvalue weighted by molar-refractivity contribution is -0.118. The van der Waals surface area contributed by atoms with Gasteiger partial charge < -0.3 is 9.15 Å². The summed E-state index contributed by atoms with van der Waals surface area (Å²) in [5.74, 6) is 1.02. The molecule has 108 valence electrons. The van der Waals surface area contributed by atoms with Gasteiger partial charge in [0, 0.05) is 5.56 Å². The molecule has 5 heteroatoms. The number of anilines is 1. The van der Waals surface area contributed by atoms with Crippen molar-refractivity contribution in [2.75, 3.05) is 11.9 Å². The Morgan fingerprint density at radius 2 is 1.95 bits per heavy atom. The molecule has 2 aromatic rings. The van der Waals surface area contributed by atoms with E-state index in [-0.39, 0.29) is 18.4 Å². The van der Waals surface area contributed by atoms with E-state index >= 15 is 0 Å². The fourth-order valence-corrected chi connectivity index (χ4v) is 1.80. The normalized spacial score (nSPS) is 10.0. The minimum Gasteiger partial charge on any atom is -0.484 e. The molecule has 1 N–H and O–H groups in total. The van der Waals surface area contributed by atoms with Gasteiger partial charge in [0.1, 0.15) is 23.1 Å². The van der Waals surface area contributed by atoms with Gasteiger partial charge in [-0.05, 0) is 32.9 Å². The summed E-state index contributed by atoms with van der Waals surface area (Å²) in [4.78, 5) is 11.8. The Labute approximate surface area is 123 Å². The van der Waals surface area contributed by atoms with E-state index in [1.807, 2.05) is 25.1 Å². The van der Waals surface area contributed by atoms with Crippen LogP contribution in [0.15, 0.2) is 28.7 Å². The second-order valence-corrected chi connectivity index (χ2v) is 4.75. The maximum absolute atomic E-state index is 11.8. The van der Waals surface area contributed by atoms with E-state index in [9.17, 15) is 4.79 Å². The van der Waals surface area contributed by atoms with E-state index in [4.69, 9.17) is 14.4 Å². The number of rotatable bonds is 4. The van der Waals surface area contributed by atoms with E-state index in [1.165, 1.54) is 0 Å². The van der Waals surface area contributed by atoms with Gasteiger partial charge in [0.15, 0.2) is 6.61 Å². The van der Waals surface area contributed by atoms with Crippen molar-refractivity contribution >= 4 is 11.8 Å². The molecule has 1 amide bonds. The molecule has 0 saturated carbocycles. The monoisotopic (exact) mass is 284 g/mol. The maximum atomic E-state index is 11.8. The van der Waals surface area contributed by atoms with Crippen LogP contribution in [0.5, 0.6) is 5.75 Å². The van der Waals surface area contributed by atoms with Crippen LogP contribution in [-0.4, -0.2) is 12.5 Å². The van der Waals surface area contributed by atoms with Crippen molar-refractivity contribution in [3.8, 4) is 11.8 Å². The van der Waals surface area contributed by atoms with Gasteiger partial charge in [-0.25, -0.2) is 0 Å². The average molecular weight is 284 g/mol. The molecule has 0 radical (unpaired) electrons. The molecule has 0 aliphatic carbocycles. The topological polar surface area (TPSA) is 75.3 Å². The molecule has 0 saturated heterocycles. The van der Waals surface area contributed by atoms with Crippen molar-refractivity contribution in [2.45, 2.75) is 20.8 Å². The number of benzene rings is 1. The number of amides is 1. The van der Waals surface area contributed by atoms with E-state index in [2.05, 4.69) is 5.32 Å². The fraction of sp³-hybridized carbons (Fsp3) is 0.250. The first-order chi connectivity index (χ1) is 10.0. The predicted molar refractivity (Wildman–Crippen MR) is 78.2 cm³/mol. The number of carbonyl (C=O) groups excluding carboxylic acids is 1. The number of ether oxygens (including phenoxy) is 1. The molecular weight excluding hydrogens is 268 g/mol. The number of nitriles is 1. The van der Waals surface area contributed by atoms with Gasteiger partial charge in [-0.1, -0.05) is 17.7 Å². The van der Waals surface area contributed by atoms with Gasteiger partial charge in [0.25, 0.3) is 5.91 Å². The third kappa shape index (κ3) is 3.42. The van der Waals surface area contributed by atoms with Crippen LogP contribution in [-0.2, 0) is 4.79 Å². The minimum absolute atomic E-state index is 0.146. The molecule has 5 nitrogen and oxygen atoms in total. The zero-order valence-electron chi connectivity index (χ0n) is 12.2. The lowest BCUT2D eigenvalue weighted by Gasteiger charge is -2.06. The highest BCUT2D eigenvalue weighted by Crippen LogP contribution is 2.25. The number of nitrogens with zero attached hydrogens (tertiary/aromatic N) is 1. The van der Waals surface area contributed by atoms with Crippen molar-refractivity contribution < 1.29 is 13.9 Å². The maximum Gasteiger partial charge on any atom is 0.264 e. The summed E-state index contributed by atoms with van der Waals surface area (Å²) in [6.07, 6.45) is 0. The zero-order valence-corrected chi connectivity index (χ0v) is 12.2. The van der Waals surface area contributed by atoms with Crippen LogP contribution in [0.4, 0.5) is 5.88 Å². The van der Waals surface area contributed by atoms with Gasteiger partial charge >= 0.3 is 0 Å². The summed E-state index contributed by atoms with van der Waals surface area (Å²) < 4.78 is 10.7. The third-order valence-electron chi connectivity index (χ3n) is 3.14. The van der Waals surface area contributed by atoms with Crippen molar-refractivity contribution in [1.29, 1.82) is 5.26 Å². The van der Waals surface area contributed by atoms with Crippen molar-refractivity contribution in [1.82, 2.24) is 0 Å². The van der Waals surface area contributed by atoms with Gasteiger partial charge in [0.2, 0.25) is 5.88 Å². The first-order valence-corrected chi connectivity index (χ1v) is 6.50. The van der Waals surface area contributed by atoms with Crippen molar-refractivity contribution in [3.63, 3.8) is 0 Å². The van der Waals surface area contributed by atoms with Crippen LogP contribution >= 0.6 is 0 Å². The Morgan fingerprint density at radius 3 is 2.57 bits per heavy atom. The number of furan rings is 1. The number of nitrogens with one attached hydrogen (secondary N) is 1. The Balaban J connectivity index is 1.98. The lowest BCUT2D eigenvalue weighted by atomic mass is 10.2. The molecule has 0 unspecified atom stereocenters. The standard InChI is InChI=1S/C16H16N2O3/c1-10-4-6-13(7-5-10)20-9-15(19)18-16-14(8-17)11(2)12(3)21-16/h4-7H,9H2,1-3H3,(H,18,19). The number of hydrogen-bond donors (Lipinski definition) is 1. The molecule has 1 aromatic heterocycles. The van der Waals surface area contributed by atoms with Crippen molar-refractivity contribution in [3.05, 3.63) is 46.7 Å². The fourth-order valence-electron chi connectivity index (χ4n) is 1.80. The van der Waals surface area contributed by atoms with E-state index in [0.29, 0.717) is 17.1 Å². The van der Waals surface area contributed by atoms with Crippen LogP contribution in [0.25, 0.3) is 0 Å². The van der Waals surface area contributed by atoms with Crippen LogP contribution in [0.1, 0.15) is 22.5 Å². The van der Waals surface area contributed by atoms with Gasteiger partial charge in [-0.15, -0.1) is 0 Å². The molecule has 1 heterocycles. The molecule has 0 spiro atoms. The van der Waals surface area contributed by atoms with Gasteiger partial charge in [0.05, 0.1) is 0 Å². The summed E-state index contributed by atoms with van der Waals surface area (Å²) in [5, 5.41) is 11.6. The Morgan fingerprint density at radius 1 is 1.29 bits per heavy atom. The van der Waals surface area contributed by atoms with Crippen LogP contribution in [0.3, 0.4) is 0 Å². The van der Waals surface area contributed by atoms with E-state index in [1.54, 1.807) is 26.0 Å². The third-order valence-corrected chi connectivity index (χ3v) is 3.14. The molecule has 0 aliphatic heterocycles. The van der Waals surface area contributed by atoms with E-state index < -0.39 is 0 Å². The first kappa shape index (κ1) is 14.7. The Kier molecular flexibility index (Phi) is 4.29. The molecule has 1 aromatic carbocycles. The highest BCUT2D eigenvalue weighted by molar-refractivity contribution is 5.92. The molecule has 0 aliphatic rings. The predicted octanol–water partition coefficient (Wildman–Crippen LogP) is 3.09. The molecule has 0 fully saturated rings. The highest BCUT2D eigenvalue weighted by Gasteiger charge is 2.16. The number of carbonyl (C=O) groups is 1. The summed E-state index contributed by atoms with van der Waals surface area (Å²) in [5.41, 5.74) is 2.19. The van der Waals surface area contributed by atoms with Gasteiger partial charge in [-0.2, -0.15) is 5.26 Å². The molecule has 0 atom stereocenters. The summed E-state index contributed by atoms with van der Waals surface area (Å²) in [7, 11) is 0. The van der Waals surface area contributed by atoms with Crippen LogP contribution in [0, 0.1) is 32.1 Å². The summed E-state index contributed by atoms with van der Waals surface area (Å²) in [6.45, 7) is 5.35. The SMILES string of the molecule is Cc1ccc(OCC(=O)Nc2oc(C)c(C)c2C#N)cc1.